The van der Waals surface area contributed by atoms with Crippen LogP contribution in [-0.4, -0.2) is 54.2 Å². The van der Waals surface area contributed by atoms with Crippen molar-refractivity contribution in [2.75, 3.05) is 26.2 Å². The lowest BCUT2D eigenvalue weighted by atomic mass is 9.98. The van der Waals surface area contributed by atoms with E-state index in [4.69, 9.17) is 9.84 Å². The predicted octanol–water partition coefficient (Wildman–Crippen LogP) is 4.26. The minimum atomic E-state index is -0.922. The van der Waals surface area contributed by atoms with E-state index in [1.165, 1.54) is 11.1 Å². The highest BCUT2D eigenvalue weighted by atomic mass is 16.5. The lowest BCUT2D eigenvalue weighted by Gasteiger charge is -2.23. The minimum absolute atomic E-state index is 0.000937. The van der Waals surface area contributed by atoms with Crippen LogP contribution in [0.15, 0.2) is 48.5 Å². The lowest BCUT2D eigenvalue weighted by molar-refractivity contribution is -0.138. The van der Waals surface area contributed by atoms with Crippen LogP contribution in [0.25, 0.3) is 11.1 Å². The summed E-state index contributed by atoms with van der Waals surface area (Å²) in [6.07, 6.45) is 0.423. The van der Waals surface area contributed by atoms with Crippen LogP contribution >= 0.6 is 0 Å². The zero-order chi connectivity index (χ0) is 23.8. The summed E-state index contributed by atoms with van der Waals surface area (Å²) in [5, 5.41) is 11.6. The van der Waals surface area contributed by atoms with E-state index < -0.39 is 12.1 Å². The van der Waals surface area contributed by atoms with Gasteiger partial charge in [-0.15, -0.1) is 0 Å². The first-order valence-electron chi connectivity index (χ1n) is 11.5. The van der Waals surface area contributed by atoms with Crippen LogP contribution in [0.1, 0.15) is 50.2 Å². The molecule has 7 nitrogen and oxygen atoms in total. The largest absolute Gasteiger partial charge is 0.481 e. The number of ether oxygens (including phenoxy) is 1. The number of nitrogens with one attached hydrogen (secondary N) is 1. The summed E-state index contributed by atoms with van der Waals surface area (Å²) < 4.78 is 5.54. The van der Waals surface area contributed by atoms with E-state index in [0.29, 0.717) is 13.1 Å². The number of benzene rings is 2. The molecule has 33 heavy (non-hydrogen) atoms. The van der Waals surface area contributed by atoms with E-state index in [1.54, 1.807) is 4.90 Å². The molecule has 0 aliphatic heterocycles. The normalized spacial score (nSPS) is 13.0. The van der Waals surface area contributed by atoms with Gasteiger partial charge in [0, 0.05) is 32.0 Å². The Balaban J connectivity index is 1.48. The molecular formula is C26H32N2O5. The molecule has 2 amide bonds. The zero-order valence-electron chi connectivity index (χ0n) is 19.3. The molecule has 176 valence electrons. The van der Waals surface area contributed by atoms with Crippen LogP contribution in [0.5, 0.6) is 0 Å². The van der Waals surface area contributed by atoms with Gasteiger partial charge in [0.25, 0.3) is 0 Å². The molecule has 7 heteroatoms. The van der Waals surface area contributed by atoms with Crippen LogP contribution in [0, 0.1) is 5.92 Å². The number of carbonyl (C=O) groups is 3. The molecule has 1 aliphatic carbocycles. The molecule has 0 spiro atoms. The number of hydrogen-bond donors (Lipinski definition) is 2. The van der Waals surface area contributed by atoms with E-state index in [9.17, 15) is 14.4 Å². The first-order valence-corrected chi connectivity index (χ1v) is 11.5. The van der Waals surface area contributed by atoms with Crippen molar-refractivity contribution < 1.29 is 24.2 Å². The Morgan fingerprint density at radius 2 is 1.64 bits per heavy atom. The van der Waals surface area contributed by atoms with Crippen LogP contribution in [-0.2, 0) is 14.3 Å². The second-order valence-electron chi connectivity index (χ2n) is 8.54. The van der Waals surface area contributed by atoms with Crippen molar-refractivity contribution in [2.24, 2.45) is 5.92 Å². The number of rotatable bonds is 11. The van der Waals surface area contributed by atoms with Gasteiger partial charge in [-0.05, 0) is 34.6 Å². The van der Waals surface area contributed by atoms with Crippen molar-refractivity contribution in [1.82, 2.24) is 10.2 Å². The molecule has 1 atom stereocenters. The van der Waals surface area contributed by atoms with Gasteiger partial charge in [0.1, 0.15) is 6.61 Å². The summed E-state index contributed by atoms with van der Waals surface area (Å²) >= 11 is 0. The average molecular weight is 453 g/mol. The van der Waals surface area contributed by atoms with Gasteiger partial charge in [-0.2, -0.15) is 0 Å². The second kappa shape index (κ2) is 11.5. The monoisotopic (exact) mass is 452 g/mol. The van der Waals surface area contributed by atoms with Crippen molar-refractivity contribution in [3.05, 3.63) is 59.7 Å². The maximum Gasteiger partial charge on any atom is 0.407 e. The summed E-state index contributed by atoms with van der Waals surface area (Å²) in [6.45, 7) is 5.10. The van der Waals surface area contributed by atoms with Crippen LogP contribution < -0.4 is 5.32 Å². The predicted molar refractivity (Wildman–Crippen MR) is 126 cm³/mol. The Morgan fingerprint density at radius 1 is 1.03 bits per heavy atom. The number of amides is 2. The fourth-order valence-electron chi connectivity index (χ4n) is 4.27. The number of fused-ring (bicyclic) bond motifs is 3. The number of alkyl carbamates (subject to hydrolysis) is 1. The van der Waals surface area contributed by atoms with E-state index in [1.807, 2.05) is 38.1 Å². The number of carbonyl (C=O) groups excluding carboxylic acids is 2. The van der Waals surface area contributed by atoms with E-state index >= 15 is 0 Å². The lowest BCUT2D eigenvalue weighted by Crippen LogP contribution is -2.37. The van der Waals surface area contributed by atoms with Gasteiger partial charge in [-0.25, -0.2) is 4.79 Å². The molecule has 0 saturated heterocycles. The molecule has 0 saturated carbocycles. The summed E-state index contributed by atoms with van der Waals surface area (Å²) in [7, 11) is 0. The van der Waals surface area contributed by atoms with Gasteiger partial charge >= 0.3 is 12.1 Å². The minimum Gasteiger partial charge on any atom is -0.481 e. The topological polar surface area (TPSA) is 95.9 Å². The third-order valence-electron chi connectivity index (χ3n) is 5.90. The molecule has 2 aromatic carbocycles. The van der Waals surface area contributed by atoms with E-state index in [2.05, 4.69) is 29.6 Å². The molecule has 1 unspecified atom stereocenters. The van der Waals surface area contributed by atoms with Crippen molar-refractivity contribution in [3.63, 3.8) is 0 Å². The van der Waals surface area contributed by atoms with Gasteiger partial charge in [-0.1, -0.05) is 62.4 Å². The van der Waals surface area contributed by atoms with E-state index in [0.717, 1.165) is 17.5 Å². The molecule has 2 N–H and O–H groups in total. The number of aliphatic carboxylic acids is 1. The third kappa shape index (κ3) is 6.34. The molecule has 2 aromatic rings. The molecular weight excluding hydrogens is 420 g/mol. The maximum absolute atomic E-state index is 12.5. The first kappa shape index (κ1) is 24.3. The molecule has 0 fully saturated rings. The Labute approximate surface area is 194 Å². The van der Waals surface area contributed by atoms with E-state index in [-0.39, 0.29) is 43.7 Å². The summed E-state index contributed by atoms with van der Waals surface area (Å²) in [5.41, 5.74) is 4.66. The van der Waals surface area contributed by atoms with Crippen molar-refractivity contribution in [3.8, 4) is 11.1 Å². The first-order chi connectivity index (χ1) is 15.9. The van der Waals surface area contributed by atoms with Crippen molar-refractivity contribution >= 4 is 18.0 Å². The third-order valence-corrected chi connectivity index (χ3v) is 5.90. The second-order valence-corrected chi connectivity index (χ2v) is 8.54. The summed E-state index contributed by atoms with van der Waals surface area (Å²) in [6, 6.07) is 16.3. The standard InChI is InChI=1S/C26H32N2O5/c1-3-13-28(14-12-25(30)31)24(29)15-18(2)16-27-26(32)33-17-23-21-10-6-4-8-19(21)20-9-5-7-11-22(20)23/h4-11,18,23H,3,12-17H2,1-2H3,(H,27,32)(H,30,31). The molecule has 0 heterocycles. The quantitative estimate of drug-likeness (QED) is 0.531. The average Bonchev–Trinajstić information content (AvgIpc) is 3.12. The van der Waals surface area contributed by atoms with Gasteiger partial charge in [0.05, 0.1) is 6.42 Å². The van der Waals surface area contributed by atoms with Gasteiger partial charge < -0.3 is 20.1 Å². The van der Waals surface area contributed by atoms with Gasteiger partial charge in [0.15, 0.2) is 0 Å². The molecule has 3 rings (SSSR count). The number of carboxylic acid groups (broad SMARTS) is 1. The Hall–Kier alpha value is -3.35. The molecule has 0 aromatic heterocycles. The highest BCUT2D eigenvalue weighted by molar-refractivity contribution is 5.79. The highest BCUT2D eigenvalue weighted by Gasteiger charge is 2.29. The fraction of sp³-hybridized carbons (Fsp3) is 0.423. The number of hydrogen-bond acceptors (Lipinski definition) is 4. The SMILES string of the molecule is CCCN(CCC(=O)O)C(=O)CC(C)CNC(=O)OCC1c2ccccc2-c2ccccc21. The number of nitrogens with zero attached hydrogens (tertiary/aromatic N) is 1. The summed E-state index contributed by atoms with van der Waals surface area (Å²) in [4.78, 5) is 37.3. The van der Waals surface area contributed by atoms with Crippen molar-refractivity contribution in [1.29, 1.82) is 0 Å². The van der Waals surface area contributed by atoms with Gasteiger partial charge in [-0.3, -0.25) is 9.59 Å². The Morgan fingerprint density at radius 3 is 2.21 bits per heavy atom. The maximum atomic E-state index is 12.5. The fourth-order valence-corrected chi connectivity index (χ4v) is 4.27. The highest BCUT2D eigenvalue weighted by Crippen LogP contribution is 2.44. The molecule has 1 aliphatic rings. The molecule has 0 bridgehead atoms. The van der Waals surface area contributed by atoms with Crippen molar-refractivity contribution in [2.45, 2.75) is 39.0 Å². The Kier molecular flexibility index (Phi) is 8.46. The van der Waals surface area contributed by atoms with Crippen LogP contribution in [0.4, 0.5) is 4.79 Å². The Bertz CT molecular complexity index is 945. The van der Waals surface area contributed by atoms with Gasteiger partial charge in [0.2, 0.25) is 5.91 Å². The smallest absolute Gasteiger partial charge is 0.407 e. The summed E-state index contributed by atoms with van der Waals surface area (Å²) in [5.74, 6) is -1.12. The van der Waals surface area contributed by atoms with Crippen LogP contribution in [0.3, 0.4) is 0 Å². The number of carboxylic acids is 1. The zero-order valence-corrected chi connectivity index (χ0v) is 19.3. The van der Waals surface area contributed by atoms with Crippen LogP contribution in [0.2, 0.25) is 0 Å². The molecule has 0 radical (unpaired) electrons.